The lowest BCUT2D eigenvalue weighted by Gasteiger charge is -2.17. The predicted molar refractivity (Wildman–Crippen MR) is 78.0 cm³/mol. The zero-order valence-corrected chi connectivity index (χ0v) is 12.8. The van der Waals surface area contributed by atoms with Gasteiger partial charge in [-0.1, -0.05) is 32.9 Å². The van der Waals surface area contributed by atoms with E-state index in [9.17, 15) is 0 Å². The second kappa shape index (κ2) is 7.17. The molecule has 1 aromatic rings. The van der Waals surface area contributed by atoms with Gasteiger partial charge in [-0.2, -0.15) is 0 Å². The van der Waals surface area contributed by atoms with Crippen molar-refractivity contribution in [2.24, 2.45) is 5.41 Å². The monoisotopic (exact) mass is 268 g/mol. The largest absolute Gasteiger partial charge is 0.352 e. The lowest BCUT2D eigenvalue weighted by Crippen LogP contribution is -2.05. The molecule has 0 bridgehead atoms. The maximum atomic E-state index is 5.22. The minimum atomic E-state index is -0.265. The van der Waals surface area contributed by atoms with Gasteiger partial charge >= 0.3 is 0 Å². The number of hydrogen-bond donors (Lipinski definition) is 0. The average molecular weight is 268 g/mol. The Morgan fingerprint density at radius 1 is 1.06 bits per heavy atom. The van der Waals surface area contributed by atoms with Gasteiger partial charge in [0.1, 0.15) is 0 Å². The fourth-order valence-electron chi connectivity index (χ4n) is 1.56. The molecule has 0 unspecified atom stereocenters. The SMILES string of the molecule is COC(OC)c1ccc(SCCC(C)(C)C)cc1. The zero-order chi connectivity index (χ0) is 13.6. The van der Waals surface area contributed by atoms with Gasteiger partial charge in [0.2, 0.25) is 0 Å². The van der Waals surface area contributed by atoms with Gasteiger partial charge in [-0.3, -0.25) is 0 Å². The number of rotatable bonds is 6. The highest BCUT2D eigenvalue weighted by Crippen LogP contribution is 2.27. The third-order valence-electron chi connectivity index (χ3n) is 2.70. The lowest BCUT2D eigenvalue weighted by molar-refractivity contribution is -0.106. The van der Waals surface area contributed by atoms with Crippen molar-refractivity contribution in [3.63, 3.8) is 0 Å². The summed E-state index contributed by atoms with van der Waals surface area (Å²) in [4.78, 5) is 1.30. The zero-order valence-electron chi connectivity index (χ0n) is 12.0. The molecular weight excluding hydrogens is 244 g/mol. The summed E-state index contributed by atoms with van der Waals surface area (Å²) in [6.07, 6.45) is 0.955. The molecule has 0 heterocycles. The molecule has 0 radical (unpaired) electrons. The highest BCUT2D eigenvalue weighted by Gasteiger charge is 2.10. The van der Waals surface area contributed by atoms with Gasteiger partial charge < -0.3 is 9.47 Å². The molecule has 0 N–H and O–H groups in total. The van der Waals surface area contributed by atoms with E-state index in [0.29, 0.717) is 5.41 Å². The Bertz CT molecular complexity index is 337. The number of ether oxygens (including phenoxy) is 2. The topological polar surface area (TPSA) is 18.5 Å². The summed E-state index contributed by atoms with van der Waals surface area (Å²) in [7, 11) is 3.31. The third kappa shape index (κ3) is 5.42. The van der Waals surface area contributed by atoms with Crippen molar-refractivity contribution in [3.8, 4) is 0 Å². The van der Waals surface area contributed by atoms with Gasteiger partial charge in [0.15, 0.2) is 6.29 Å². The summed E-state index contributed by atoms with van der Waals surface area (Å²) in [5.74, 6) is 1.15. The minimum absolute atomic E-state index is 0.265. The minimum Gasteiger partial charge on any atom is -0.352 e. The van der Waals surface area contributed by atoms with Gasteiger partial charge in [-0.05, 0) is 29.7 Å². The molecule has 102 valence electrons. The summed E-state index contributed by atoms with van der Waals surface area (Å²) in [6, 6.07) is 8.40. The Balaban J connectivity index is 2.50. The third-order valence-corrected chi connectivity index (χ3v) is 3.71. The summed E-state index contributed by atoms with van der Waals surface area (Å²) < 4.78 is 10.4. The summed E-state index contributed by atoms with van der Waals surface area (Å²) >= 11 is 1.90. The molecule has 0 aliphatic carbocycles. The van der Waals surface area contributed by atoms with Crippen LogP contribution in [0.1, 0.15) is 39.0 Å². The van der Waals surface area contributed by atoms with Crippen LogP contribution in [0.5, 0.6) is 0 Å². The summed E-state index contributed by atoms with van der Waals surface area (Å²) in [5, 5.41) is 0. The van der Waals surface area contributed by atoms with Crippen molar-refractivity contribution in [1.29, 1.82) is 0 Å². The van der Waals surface area contributed by atoms with Gasteiger partial charge in [0, 0.05) is 24.7 Å². The second-order valence-electron chi connectivity index (χ2n) is 5.53. The highest BCUT2D eigenvalue weighted by molar-refractivity contribution is 7.99. The molecule has 1 aromatic carbocycles. The highest BCUT2D eigenvalue weighted by atomic mass is 32.2. The molecule has 0 spiro atoms. The first kappa shape index (κ1) is 15.5. The van der Waals surface area contributed by atoms with E-state index in [0.717, 1.165) is 11.3 Å². The Morgan fingerprint density at radius 2 is 1.61 bits per heavy atom. The molecule has 0 aromatic heterocycles. The fourth-order valence-corrected chi connectivity index (χ4v) is 2.84. The number of benzene rings is 1. The molecule has 0 fully saturated rings. The van der Waals surface area contributed by atoms with E-state index in [2.05, 4.69) is 45.0 Å². The first-order valence-electron chi connectivity index (χ1n) is 6.24. The first-order chi connectivity index (χ1) is 8.46. The van der Waals surface area contributed by atoms with E-state index in [1.165, 1.54) is 11.3 Å². The van der Waals surface area contributed by atoms with Gasteiger partial charge in [-0.15, -0.1) is 11.8 Å². The smallest absolute Gasteiger partial charge is 0.183 e. The van der Waals surface area contributed by atoms with E-state index in [1.807, 2.05) is 11.8 Å². The van der Waals surface area contributed by atoms with Crippen molar-refractivity contribution >= 4 is 11.8 Å². The van der Waals surface area contributed by atoms with E-state index in [1.54, 1.807) is 14.2 Å². The standard InChI is InChI=1S/C15H24O2S/c1-15(2,3)10-11-18-13-8-6-12(7-9-13)14(16-4)17-5/h6-9,14H,10-11H2,1-5H3. The van der Waals surface area contributed by atoms with Crippen molar-refractivity contribution in [3.05, 3.63) is 29.8 Å². The molecule has 0 atom stereocenters. The molecule has 0 saturated carbocycles. The summed E-state index contributed by atoms with van der Waals surface area (Å²) in [5.41, 5.74) is 1.46. The van der Waals surface area contributed by atoms with Crippen molar-refractivity contribution in [1.82, 2.24) is 0 Å². The van der Waals surface area contributed by atoms with Crippen molar-refractivity contribution in [2.45, 2.75) is 38.4 Å². The lowest BCUT2D eigenvalue weighted by atomic mass is 9.94. The summed E-state index contributed by atoms with van der Waals surface area (Å²) in [6.45, 7) is 6.83. The number of hydrogen-bond acceptors (Lipinski definition) is 3. The van der Waals surface area contributed by atoms with Gasteiger partial charge in [0.05, 0.1) is 0 Å². The van der Waals surface area contributed by atoms with Crippen LogP contribution >= 0.6 is 11.8 Å². The van der Waals surface area contributed by atoms with Crippen molar-refractivity contribution < 1.29 is 9.47 Å². The van der Waals surface area contributed by atoms with E-state index < -0.39 is 0 Å². The molecular formula is C15H24O2S. The quantitative estimate of drug-likeness (QED) is 0.559. The molecule has 18 heavy (non-hydrogen) atoms. The van der Waals surface area contributed by atoms with Crippen LogP contribution in [0.15, 0.2) is 29.2 Å². The van der Waals surface area contributed by atoms with Gasteiger partial charge in [0.25, 0.3) is 0 Å². The fraction of sp³-hybridized carbons (Fsp3) is 0.600. The Kier molecular flexibility index (Phi) is 6.19. The van der Waals surface area contributed by atoms with E-state index in [-0.39, 0.29) is 6.29 Å². The van der Waals surface area contributed by atoms with Crippen LogP contribution in [-0.2, 0) is 9.47 Å². The molecule has 1 rings (SSSR count). The van der Waals surface area contributed by atoms with Crippen LogP contribution in [0.25, 0.3) is 0 Å². The van der Waals surface area contributed by atoms with Crippen LogP contribution in [0.4, 0.5) is 0 Å². The van der Waals surface area contributed by atoms with E-state index >= 15 is 0 Å². The Hall–Kier alpha value is -0.510. The van der Waals surface area contributed by atoms with E-state index in [4.69, 9.17) is 9.47 Å². The first-order valence-corrected chi connectivity index (χ1v) is 7.23. The molecule has 0 aliphatic heterocycles. The normalized spacial score (nSPS) is 12.1. The van der Waals surface area contributed by atoms with Crippen LogP contribution < -0.4 is 0 Å². The van der Waals surface area contributed by atoms with Gasteiger partial charge in [-0.25, -0.2) is 0 Å². The van der Waals surface area contributed by atoms with Crippen LogP contribution in [0.3, 0.4) is 0 Å². The van der Waals surface area contributed by atoms with Crippen molar-refractivity contribution in [2.75, 3.05) is 20.0 Å². The predicted octanol–water partition coefficient (Wildman–Crippen LogP) is 4.51. The molecule has 2 nitrogen and oxygen atoms in total. The molecule has 0 amide bonds. The maximum absolute atomic E-state index is 5.22. The maximum Gasteiger partial charge on any atom is 0.183 e. The molecule has 3 heteroatoms. The molecule has 0 aliphatic rings. The van der Waals surface area contributed by atoms with Crippen LogP contribution in [0, 0.1) is 5.41 Å². The Morgan fingerprint density at radius 3 is 2.06 bits per heavy atom. The number of thioether (sulfide) groups is 1. The molecule has 0 saturated heterocycles. The van der Waals surface area contributed by atoms with Crippen LogP contribution in [0.2, 0.25) is 0 Å². The van der Waals surface area contributed by atoms with Crippen LogP contribution in [-0.4, -0.2) is 20.0 Å². The second-order valence-corrected chi connectivity index (χ2v) is 6.70. The Labute approximate surface area is 115 Å². The number of methoxy groups -OCH3 is 2. The average Bonchev–Trinajstić information content (AvgIpc) is 2.31.